The molecular formula is C16H20N4O2S2. The van der Waals surface area contributed by atoms with E-state index in [0.717, 1.165) is 39.8 Å². The molecule has 24 heavy (non-hydrogen) atoms. The molecular weight excluding hydrogens is 344 g/mol. The minimum absolute atomic E-state index is 0.0312. The monoisotopic (exact) mass is 364 g/mol. The largest absolute Gasteiger partial charge is 0.351 e. The second-order valence-electron chi connectivity index (χ2n) is 5.78. The van der Waals surface area contributed by atoms with Crippen LogP contribution in [0, 0.1) is 12.8 Å². The Morgan fingerprint density at radius 2 is 2.21 bits per heavy atom. The van der Waals surface area contributed by atoms with Gasteiger partial charge >= 0.3 is 0 Å². The Balaban J connectivity index is 1.69. The number of carbonyl (C=O) groups is 2. The summed E-state index contributed by atoms with van der Waals surface area (Å²) in [4.78, 5) is 31.0. The number of nitrogens with zero attached hydrogens (tertiary/aromatic N) is 1. The van der Waals surface area contributed by atoms with E-state index in [1.165, 1.54) is 18.3 Å². The second-order valence-corrected chi connectivity index (χ2v) is 8.15. The number of thiazole rings is 1. The van der Waals surface area contributed by atoms with Gasteiger partial charge in [0.2, 0.25) is 11.8 Å². The van der Waals surface area contributed by atoms with Gasteiger partial charge in [-0.2, -0.15) is 0 Å². The SMILES string of the molecule is CC(=O)NCc1ccc(-c2nc(NC(=O)C3CCNC3)sc2C)s1. The van der Waals surface area contributed by atoms with Crippen LogP contribution in [0.15, 0.2) is 12.1 Å². The molecule has 1 aliphatic rings. The van der Waals surface area contributed by atoms with Crippen molar-refractivity contribution in [1.29, 1.82) is 0 Å². The number of rotatable bonds is 5. The summed E-state index contributed by atoms with van der Waals surface area (Å²) in [7, 11) is 0. The van der Waals surface area contributed by atoms with Crippen LogP contribution in [0.1, 0.15) is 23.1 Å². The molecule has 1 unspecified atom stereocenters. The molecule has 0 aliphatic carbocycles. The summed E-state index contributed by atoms with van der Waals surface area (Å²) in [5, 5.41) is 9.58. The fourth-order valence-corrected chi connectivity index (χ4v) is 4.47. The first-order chi connectivity index (χ1) is 11.5. The Bertz CT molecular complexity index is 747. The molecule has 0 aromatic carbocycles. The molecule has 2 aromatic rings. The van der Waals surface area contributed by atoms with Crippen LogP contribution in [0.3, 0.4) is 0 Å². The molecule has 128 valence electrons. The summed E-state index contributed by atoms with van der Waals surface area (Å²) >= 11 is 3.10. The third kappa shape index (κ3) is 4.00. The standard InChI is InChI=1S/C16H20N4O2S2/c1-9-14(13-4-3-12(24-13)8-18-10(2)21)19-16(23-9)20-15(22)11-5-6-17-7-11/h3-4,11,17H,5-8H2,1-2H3,(H,18,21)(H,19,20,22). The first kappa shape index (κ1) is 17.1. The van der Waals surface area contributed by atoms with E-state index in [1.807, 2.05) is 19.1 Å². The first-order valence-electron chi connectivity index (χ1n) is 7.85. The number of nitrogens with one attached hydrogen (secondary N) is 3. The molecule has 0 spiro atoms. The van der Waals surface area contributed by atoms with E-state index in [4.69, 9.17) is 0 Å². The van der Waals surface area contributed by atoms with E-state index in [9.17, 15) is 9.59 Å². The number of thiophene rings is 1. The number of anilines is 1. The van der Waals surface area contributed by atoms with Gasteiger partial charge in [-0.3, -0.25) is 9.59 Å². The second kappa shape index (κ2) is 7.42. The smallest absolute Gasteiger partial charge is 0.230 e. The molecule has 3 heterocycles. The molecule has 0 radical (unpaired) electrons. The summed E-state index contributed by atoms with van der Waals surface area (Å²) in [6.07, 6.45) is 0.875. The third-order valence-corrected chi connectivity index (χ3v) is 5.84. The Labute approximate surface area is 148 Å². The zero-order valence-electron chi connectivity index (χ0n) is 13.6. The lowest BCUT2D eigenvalue weighted by molar-refractivity contribution is -0.120. The lowest BCUT2D eigenvalue weighted by Gasteiger charge is -2.06. The molecule has 3 rings (SSSR count). The minimum Gasteiger partial charge on any atom is -0.351 e. The topological polar surface area (TPSA) is 83.1 Å². The van der Waals surface area contributed by atoms with Crippen molar-refractivity contribution in [2.45, 2.75) is 26.8 Å². The summed E-state index contributed by atoms with van der Waals surface area (Å²) in [6, 6.07) is 4.01. The van der Waals surface area contributed by atoms with E-state index in [1.54, 1.807) is 11.3 Å². The zero-order chi connectivity index (χ0) is 17.1. The van der Waals surface area contributed by atoms with Crippen LogP contribution in [-0.2, 0) is 16.1 Å². The van der Waals surface area contributed by atoms with Gasteiger partial charge in [-0.1, -0.05) is 0 Å². The van der Waals surface area contributed by atoms with Crippen LogP contribution in [0.4, 0.5) is 5.13 Å². The van der Waals surface area contributed by atoms with E-state index < -0.39 is 0 Å². The number of hydrogen-bond acceptors (Lipinski definition) is 6. The Hall–Kier alpha value is -1.77. The number of aromatic nitrogens is 1. The molecule has 1 fully saturated rings. The van der Waals surface area contributed by atoms with Gasteiger partial charge in [-0.25, -0.2) is 4.98 Å². The van der Waals surface area contributed by atoms with Crippen molar-refractivity contribution in [3.05, 3.63) is 21.9 Å². The normalized spacial score (nSPS) is 17.0. The molecule has 6 nitrogen and oxygen atoms in total. The Morgan fingerprint density at radius 1 is 1.38 bits per heavy atom. The summed E-state index contributed by atoms with van der Waals surface area (Å²) < 4.78 is 0. The average molecular weight is 364 g/mol. The molecule has 3 N–H and O–H groups in total. The predicted octanol–water partition coefficient (Wildman–Crippen LogP) is 2.36. The van der Waals surface area contributed by atoms with Crippen LogP contribution >= 0.6 is 22.7 Å². The van der Waals surface area contributed by atoms with Crippen molar-refractivity contribution < 1.29 is 9.59 Å². The molecule has 0 saturated carbocycles. The summed E-state index contributed by atoms with van der Waals surface area (Å²) in [5.41, 5.74) is 0.902. The van der Waals surface area contributed by atoms with Crippen LogP contribution in [-0.4, -0.2) is 29.9 Å². The Morgan fingerprint density at radius 3 is 2.92 bits per heavy atom. The molecule has 0 bridgehead atoms. The third-order valence-electron chi connectivity index (χ3n) is 3.86. The molecule has 1 saturated heterocycles. The molecule has 8 heteroatoms. The maximum Gasteiger partial charge on any atom is 0.230 e. The maximum absolute atomic E-state index is 12.2. The predicted molar refractivity (Wildman–Crippen MR) is 97.3 cm³/mol. The van der Waals surface area contributed by atoms with Gasteiger partial charge in [0.25, 0.3) is 0 Å². The summed E-state index contributed by atoms with van der Waals surface area (Å²) in [6.45, 7) is 5.68. The number of carbonyl (C=O) groups excluding carboxylic acids is 2. The van der Waals surface area contributed by atoms with Crippen molar-refractivity contribution in [1.82, 2.24) is 15.6 Å². The van der Waals surface area contributed by atoms with Crippen LogP contribution < -0.4 is 16.0 Å². The highest BCUT2D eigenvalue weighted by atomic mass is 32.1. The minimum atomic E-state index is -0.0406. The molecule has 1 atom stereocenters. The van der Waals surface area contributed by atoms with Gasteiger partial charge < -0.3 is 16.0 Å². The highest BCUT2D eigenvalue weighted by Gasteiger charge is 2.23. The van der Waals surface area contributed by atoms with Gasteiger partial charge in [0.1, 0.15) is 0 Å². The molecule has 2 amide bonds. The van der Waals surface area contributed by atoms with Crippen molar-refractivity contribution in [2.24, 2.45) is 5.92 Å². The van der Waals surface area contributed by atoms with Gasteiger partial charge in [-0.15, -0.1) is 22.7 Å². The molecule has 1 aliphatic heterocycles. The van der Waals surface area contributed by atoms with Crippen molar-refractivity contribution in [3.8, 4) is 10.6 Å². The van der Waals surface area contributed by atoms with E-state index in [0.29, 0.717) is 11.7 Å². The highest BCUT2D eigenvalue weighted by molar-refractivity contribution is 7.18. The maximum atomic E-state index is 12.2. The number of aryl methyl sites for hydroxylation is 1. The average Bonchev–Trinajstić information content (AvgIpc) is 3.25. The Kier molecular flexibility index (Phi) is 5.27. The van der Waals surface area contributed by atoms with E-state index in [2.05, 4.69) is 20.9 Å². The highest BCUT2D eigenvalue weighted by Crippen LogP contribution is 2.34. The lowest BCUT2D eigenvalue weighted by Crippen LogP contribution is -2.24. The van der Waals surface area contributed by atoms with Gasteiger partial charge in [0.05, 0.1) is 23.0 Å². The lowest BCUT2D eigenvalue weighted by atomic mass is 10.1. The summed E-state index contributed by atoms with van der Waals surface area (Å²) in [5.74, 6) is 0.0302. The van der Waals surface area contributed by atoms with Crippen molar-refractivity contribution in [2.75, 3.05) is 18.4 Å². The van der Waals surface area contributed by atoms with Gasteiger partial charge in [0, 0.05) is 23.2 Å². The van der Waals surface area contributed by atoms with E-state index >= 15 is 0 Å². The van der Waals surface area contributed by atoms with Crippen molar-refractivity contribution >= 4 is 39.6 Å². The quantitative estimate of drug-likeness (QED) is 0.761. The number of hydrogen-bond donors (Lipinski definition) is 3. The molecule has 2 aromatic heterocycles. The first-order valence-corrected chi connectivity index (χ1v) is 9.49. The van der Waals surface area contributed by atoms with Crippen LogP contribution in [0.25, 0.3) is 10.6 Å². The van der Waals surface area contributed by atoms with Crippen LogP contribution in [0.5, 0.6) is 0 Å². The van der Waals surface area contributed by atoms with Crippen molar-refractivity contribution in [3.63, 3.8) is 0 Å². The zero-order valence-corrected chi connectivity index (χ0v) is 15.3. The fraction of sp³-hybridized carbons (Fsp3) is 0.438. The number of amides is 2. The fourth-order valence-electron chi connectivity index (χ4n) is 2.58. The van der Waals surface area contributed by atoms with E-state index in [-0.39, 0.29) is 17.7 Å². The van der Waals surface area contributed by atoms with Crippen LogP contribution in [0.2, 0.25) is 0 Å². The van der Waals surface area contributed by atoms with Gasteiger partial charge in [-0.05, 0) is 32.0 Å². The van der Waals surface area contributed by atoms with Gasteiger partial charge in [0.15, 0.2) is 5.13 Å².